The highest BCUT2D eigenvalue weighted by molar-refractivity contribution is 5.94. The lowest BCUT2D eigenvalue weighted by atomic mass is 10.1. The summed E-state index contributed by atoms with van der Waals surface area (Å²) in [6, 6.07) is 11.1. The van der Waals surface area contributed by atoms with Gasteiger partial charge in [0.25, 0.3) is 5.69 Å². The second kappa shape index (κ2) is 6.44. The molecule has 0 saturated carbocycles. The number of rotatable bonds is 4. The van der Waals surface area contributed by atoms with Gasteiger partial charge in [-0.15, -0.1) is 0 Å². The van der Waals surface area contributed by atoms with Crippen LogP contribution in [0.2, 0.25) is 0 Å². The summed E-state index contributed by atoms with van der Waals surface area (Å²) in [5.41, 5.74) is -1.30. The molecule has 1 heterocycles. The molecule has 1 aromatic heterocycles. The molecule has 0 atom stereocenters. The number of methoxy groups -OCH3 is 1. The molecule has 0 amide bonds. The molecule has 8 nitrogen and oxygen atoms in total. The van der Waals surface area contributed by atoms with Gasteiger partial charge in [0.1, 0.15) is 22.6 Å². The van der Waals surface area contributed by atoms with Crippen molar-refractivity contribution in [2.45, 2.75) is 0 Å². The standard InChI is InChI=1S/C17H11NO7/c1-23-12-3-5-13(6-4-12)24-16(19)14-9-10-8-11(18(21)22)2-7-15(10)25-17(14)20/h2-9H,1H3. The SMILES string of the molecule is COc1ccc(OC(=O)c2cc3cc([N+](=O)[O-])ccc3oc2=O)cc1. The number of nitro benzene ring substituents is 1. The maximum absolute atomic E-state index is 12.2. The van der Waals surface area contributed by atoms with E-state index in [-0.39, 0.29) is 28.0 Å². The molecule has 25 heavy (non-hydrogen) atoms. The Kier molecular flexibility index (Phi) is 4.17. The van der Waals surface area contributed by atoms with Gasteiger partial charge >= 0.3 is 11.6 Å². The molecule has 8 heteroatoms. The Labute approximate surface area is 140 Å². The number of benzene rings is 2. The molecule has 3 aromatic rings. The van der Waals surface area contributed by atoms with Crippen molar-refractivity contribution >= 4 is 22.6 Å². The topological polar surface area (TPSA) is 109 Å². The molecule has 0 fully saturated rings. The van der Waals surface area contributed by atoms with Crippen LogP contribution in [0.15, 0.2) is 57.7 Å². The summed E-state index contributed by atoms with van der Waals surface area (Å²) in [4.78, 5) is 34.4. The number of non-ortho nitro benzene ring substituents is 1. The van der Waals surface area contributed by atoms with Gasteiger partial charge in [-0.3, -0.25) is 10.1 Å². The third-order valence-electron chi connectivity index (χ3n) is 3.42. The first kappa shape index (κ1) is 16.2. The number of hydrogen-bond acceptors (Lipinski definition) is 7. The predicted octanol–water partition coefficient (Wildman–Crippen LogP) is 2.93. The van der Waals surface area contributed by atoms with Crippen molar-refractivity contribution in [2.75, 3.05) is 7.11 Å². The molecule has 126 valence electrons. The smallest absolute Gasteiger partial charge is 0.351 e. The molecule has 0 saturated heterocycles. The number of carbonyl (C=O) groups is 1. The lowest BCUT2D eigenvalue weighted by Crippen LogP contribution is -2.18. The van der Waals surface area contributed by atoms with Gasteiger partial charge in [0.2, 0.25) is 0 Å². The van der Waals surface area contributed by atoms with Crippen molar-refractivity contribution in [1.29, 1.82) is 0 Å². The first-order chi connectivity index (χ1) is 12.0. The quantitative estimate of drug-likeness (QED) is 0.236. The Balaban J connectivity index is 1.95. The average Bonchev–Trinajstić information content (AvgIpc) is 2.61. The van der Waals surface area contributed by atoms with Crippen LogP contribution in [0.3, 0.4) is 0 Å². The van der Waals surface area contributed by atoms with Crippen LogP contribution >= 0.6 is 0 Å². The van der Waals surface area contributed by atoms with Crippen LogP contribution in [0.25, 0.3) is 11.0 Å². The van der Waals surface area contributed by atoms with Gasteiger partial charge in [-0.25, -0.2) is 9.59 Å². The van der Waals surface area contributed by atoms with Crippen molar-refractivity contribution in [2.24, 2.45) is 0 Å². The van der Waals surface area contributed by atoms with E-state index in [0.29, 0.717) is 5.75 Å². The highest BCUT2D eigenvalue weighted by atomic mass is 16.6. The number of nitrogens with zero attached hydrogens (tertiary/aromatic N) is 1. The Hall–Kier alpha value is -3.68. The summed E-state index contributed by atoms with van der Waals surface area (Å²) in [6.45, 7) is 0. The van der Waals surface area contributed by atoms with Gasteiger partial charge in [-0.1, -0.05) is 0 Å². The average molecular weight is 341 g/mol. The van der Waals surface area contributed by atoms with Gasteiger partial charge in [-0.05, 0) is 36.4 Å². The van der Waals surface area contributed by atoms with Crippen LogP contribution in [0.5, 0.6) is 11.5 Å². The minimum Gasteiger partial charge on any atom is -0.497 e. The fourth-order valence-electron chi connectivity index (χ4n) is 2.17. The van der Waals surface area contributed by atoms with E-state index in [2.05, 4.69) is 0 Å². The van der Waals surface area contributed by atoms with E-state index in [1.807, 2.05) is 0 Å². The second-order valence-electron chi connectivity index (χ2n) is 4.99. The molecule has 0 aliphatic rings. The molecular formula is C17H11NO7. The molecular weight excluding hydrogens is 330 g/mol. The lowest BCUT2D eigenvalue weighted by Gasteiger charge is -2.05. The van der Waals surface area contributed by atoms with Gasteiger partial charge in [0.05, 0.1) is 12.0 Å². The van der Waals surface area contributed by atoms with Crippen LogP contribution in [-0.2, 0) is 0 Å². The first-order valence-electron chi connectivity index (χ1n) is 7.06. The molecule has 0 unspecified atom stereocenters. The zero-order chi connectivity index (χ0) is 18.0. The highest BCUT2D eigenvalue weighted by Gasteiger charge is 2.17. The van der Waals surface area contributed by atoms with Crippen molar-refractivity contribution in [1.82, 2.24) is 0 Å². The van der Waals surface area contributed by atoms with Crippen molar-refractivity contribution in [3.63, 3.8) is 0 Å². The zero-order valence-corrected chi connectivity index (χ0v) is 12.9. The first-order valence-corrected chi connectivity index (χ1v) is 7.06. The molecule has 0 spiro atoms. The number of esters is 1. The van der Waals surface area contributed by atoms with E-state index in [1.54, 1.807) is 12.1 Å². The molecule has 0 radical (unpaired) electrons. The van der Waals surface area contributed by atoms with Crippen molar-refractivity contribution in [3.05, 3.63) is 74.6 Å². The second-order valence-corrected chi connectivity index (χ2v) is 4.99. The van der Waals surface area contributed by atoms with Gasteiger partial charge in [0, 0.05) is 17.5 Å². The Bertz CT molecular complexity index is 1020. The van der Waals surface area contributed by atoms with Gasteiger partial charge in [0.15, 0.2) is 0 Å². The summed E-state index contributed by atoms with van der Waals surface area (Å²) < 4.78 is 15.1. The molecule has 0 N–H and O–H groups in total. The fourth-order valence-corrected chi connectivity index (χ4v) is 2.17. The van der Waals surface area contributed by atoms with Crippen LogP contribution in [0.1, 0.15) is 10.4 Å². The monoisotopic (exact) mass is 341 g/mol. The maximum Gasteiger partial charge on any atom is 0.351 e. The van der Waals surface area contributed by atoms with Crippen molar-refractivity contribution in [3.8, 4) is 11.5 Å². The van der Waals surface area contributed by atoms with E-state index in [9.17, 15) is 19.7 Å². The normalized spacial score (nSPS) is 10.4. The van der Waals surface area contributed by atoms with E-state index in [4.69, 9.17) is 13.9 Å². The van der Waals surface area contributed by atoms with Crippen LogP contribution in [0, 0.1) is 10.1 Å². The number of nitro groups is 1. The summed E-state index contributed by atoms with van der Waals surface area (Å²) in [7, 11) is 1.50. The third kappa shape index (κ3) is 3.32. The molecule has 0 aliphatic heterocycles. The molecule has 3 rings (SSSR count). The van der Waals surface area contributed by atoms with Crippen LogP contribution in [-0.4, -0.2) is 18.0 Å². The van der Waals surface area contributed by atoms with E-state index in [0.717, 1.165) is 0 Å². The van der Waals surface area contributed by atoms with Gasteiger partial charge in [-0.2, -0.15) is 0 Å². The lowest BCUT2D eigenvalue weighted by molar-refractivity contribution is -0.384. The largest absolute Gasteiger partial charge is 0.497 e. The predicted molar refractivity (Wildman–Crippen MR) is 87.1 cm³/mol. The summed E-state index contributed by atoms with van der Waals surface area (Å²) in [5, 5.41) is 11.1. The minimum atomic E-state index is -0.924. The number of fused-ring (bicyclic) bond motifs is 1. The van der Waals surface area contributed by atoms with Crippen LogP contribution < -0.4 is 15.1 Å². The van der Waals surface area contributed by atoms with Crippen LogP contribution in [0.4, 0.5) is 5.69 Å². The maximum atomic E-state index is 12.2. The van der Waals surface area contributed by atoms with E-state index in [1.165, 1.54) is 43.5 Å². The highest BCUT2D eigenvalue weighted by Crippen LogP contribution is 2.22. The number of hydrogen-bond donors (Lipinski definition) is 0. The van der Waals surface area contributed by atoms with Gasteiger partial charge < -0.3 is 13.9 Å². The molecule has 0 bridgehead atoms. The Morgan fingerprint density at radius 3 is 2.40 bits per heavy atom. The van der Waals surface area contributed by atoms with E-state index < -0.39 is 16.5 Å². The molecule has 2 aromatic carbocycles. The third-order valence-corrected chi connectivity index (χ3v) is 3.42. The summed E-state index contributed by atoms with van der Waals surface area (Å²) >= 11 is 0. The zero-order valence-electron chi connectivity index (χ0n) is 12.9. The minimum absolute atomic E-state index is 0.136. The Morgan fingerprint density at radius 2 is 1.76 bits per heavy atom. The fraction of sp³-hybridized carbons (Fsp3) is 0.0588. The van der Waals surface area contributed by atoms with Crippen molar-refractivity contribution < 1.29 is 23.6 Å². The number of carbonyl (C=O) groups excluding carboxylic acids is 1. The summed E-state index contributed by atoms with van der Waals surface area (Å²) in [6.07, 6.45) is 0. The van der Waals surface area contributed by atoms with E-state index >= 15 is 0 Å². The number of ether oxygens (including phenoxy) is 2. The molecule has 0 aliphatic carbocycles. The summed E-state index contributed by atoms with van der Waals surface area (Å²) in [5.74, 6) is -0.131. The Morgan fingerprint density at radius 1 is 1.08 bits per heavy atom.